The van der Waals surface area contributed by atoms with Gasteiger partial charge in [-0.15, -0.1) is 0 Å². The van der Waals surface area contributed by atoms with Crippen LogP contribution in [-0.2, 0) is 16.0 Å². The van der Waals surface area contributed by atoms with Gasteiger partial charge in [0, 0.05) is 6.42 Å². The molecular formula is C16H17NO3. The zero-order chi connectivity index (χ0) is 14.4. The van der Waals surface area contributed by atoms with Crippen LogP contribution in [0.2, 0.25) is 0 Å². The molecule has 2 aromatic carbocycles. The van der Waals surface area contributed by atoms with E-state index in [9.17, 15) is 9.59 Å². The van der Waals surface area contributed by atoms with Gasteiger partial charge >= 0.3 is 5.91 Å². The number of nitrogens with one attached hydrogen (secondary N) is 1. The monoisotopic (exact) mass is 271 g/mol. The van der Waals surface area contributed by atoms with Crippen molar-refractivity contribution in [3.05, 3.63) is 48.0 Å². The molecule has 0 aliphatic carbocycles. The second kappa shape index (κ2) is 6.82. The van der Waals surface area contributed by atoms with Crippen LogP contribution in [0.25, 0.3) is 10.8 Å². The molecule has 0 bridgehead atoms. The van der Waals surface area contributed by atoms with E-state index in [4.69, 9.17) is 5.21 Å². The first kappa shape index (κ1) is 14.2. The molecule has 104 valence electrons. The van der Waals surface area contributed by atoms with E-state index in [-0.39, 0.29) is 6.42 Å². The summed E-state index contributed by atoms with van der Waals surface area (Å²) in [6.45, 7) is 0. The van der Waals surface area contributed by atoms with E-state index in [2.05, 4.69) is 30.3 Å². The van der Waals surface area contributed by atoms with Gasteiger partial charge < -0.3 is 0 Å². The number of hydrogen-bond acceptors (Lipinski definition) is 3. The molecule has 0 aliphatic heterocycles. The Labute approximate surface area is 117 Å². The molecule has 20 heavy (non-hydrogen) atoms. The lowest BCUT2D eigenvalue weighted by Gasteiger charge is -2.04. The Bertz CT molecular complexity index is 622. The molecule has 0 atom stereocenters. The van der Waals surface area contributed by atoms with Crippen LogP contribution in [0.4, 0.5) is 0 Å². The number of aryl methyl sites for hydroxylation is 1. The summed E-state index contributed by atoms with van der Waals surface area (Å²) < 4.78 is 0. The number of Topliss-reactive ketones (excluding diaryl/α,β-unsaturated/α-hetero) is 1. The predicted octanol–water partition coefficient (Wildman–Crippen LogP) is 2.63. The number of hydroxylamine groups is 1. The number of amides is 1. The minimum absolute atomic E-state index is 0.167. The zero-order valence-corrected chi connectivity index (χ0v) is 11.1. The summed E-state index contributed by atoms with van der Waals surface area (Å²) in [7, 11) is 0. The highest BCUT2D eigenvalue weighted by molar-refractivity contribution is 6.35. The van der Waals surface area contributed by atoms with Gasteiger partial charge in [0.2, 0.25) is 5.78 Å². The van der Waals surface area contributed by atoms with Crippen molar-refractivity contribution < 1.29 is 14.8 Å². The number of fused-ring (bicyclic) bond motifs is 1. The van der Waals surface area contributed by atoms with Gasteiger partial charge in [0.1, 0.15) is 0 Å². The van der Waals surface area contributed by atoms with Crippen LogP contribution < -0.4 is 5.48 Å². The first-order valence-corrected chi connectivity index (χ1v) is 6.65. The lowest BCUT2D eigenvalue weighted by atomic mass is 10.0. The van der Waals surface area contributed by atoms with Crippen LogP contribution in [0.3, 0.4) is 0 Å². The first-order chi connectivity index (χ1) is 9.70. The molecule has 4 heteroatoms. The highest BCUT2D eigenvalue weighted by Gasteiger charge is 2.11. The molecule has 0 fully saturated rings. The fourth-order valence-electron chi connectivity index (χ4n) is 2.18. The van der Waals surface area contributed by atoms with Crippen molar-refractivity contribution in [2.45, 2.75) is 25.7 Å². The number of hydrogen-bond donors (Lipinski definition) is 2. The van der Waals surface area contributed by atoms with Crippen LogP contribution in [-0.4, -0.2) is 16.9 Å². The number of ketones is 1. The lowest BCUT2D eigenvalue weighted by Crippen LogP contribution is -2.27. The van der Waals surface area contributed by atoms with E-state index in [0.717, 1.165) is 12.8 Å². The Morgan fingerprint density at radius 1 is 1.00 bits per heavy atom. The lowest BCUT2D eigenvalue weighted by molar-refractivity contribution is -0.143. The topological polar surface area (TPSA) is 66.4 Å². The molecule has 1 amide bonds. The molecule has 0 aliphatic rings. The maximum atomic E-state index is 11.2. The van der Waals surface area contributed by atoms with Crippen LogP contribution in [0, 0.1) is 0 Å². The van der Waals surface area contributed by atoms with Crippen molar-refractivity contribution in [2.75, 3.05) is 0 Å². The second-order valence-electron chi connectivity index (χ2n) is 4.75. The highest BCUT2D eigenvalue weighted by atomic mass is 16.5. The van der Waals surface area contributed by atoms with E-state index in [1.165, 1.54) is 21.8 Å². The minimum atomic E-state index is -0.935. The smallest absolute Gasteiger partial charge is 0.289 e. The first-order valence-electron chi connectivity index (χ1n) is 6.65. The largest absolute Gasteiger partial charge is 0.310 e. The molecule has 0 unspecified atom stereocenters. The molecule has 2 rings (SSSR count). The average molecular weight is 271 g/mol. The average Bonchev–Trinajstić information content (AvgIpc) is 2.50. The Morgan fingerprint density at radius 3 is 2.50 bits per heavy atom. The minimum Gasteiger partial charge on any atom is -0.289 e. The number of rotatable bonds is 6. The van der Waals surface area contributed by atoms with E-state index < -0.39 is 11.7 Å². The zero-order valence-electron chi connectivity index (χ0n) is 11.1. The third-order valence-electron chi connectivity index (χ3n) is 3.29. The number of carbonyl (C=O) groups is 2. The Kier molecular flexibility index (Phi) is 4.85. The van der Waals surface area contributed by atoms with Gasteiger partial charge in [-0.2, -0.15) is 0 Å². The molecule has 0 heterocycles. The van der Waals surface area contributed by atoms with Gasteiger partial charge in [-0.25, -0.2) is 5.48 Å². The van der Waals surface area contributed by atoms with E-state index >= 15 is 0 Å². The molecule has 2 aromatic rings. The SMILES string of the molecule is O=C(CCCCc1ccc2ccccc2c1)C(=O)NO. The summed E-state index contributed by atoms with van der Waals surface area (Å²) in [5, 5.41) is 10.7. The van der Waals surface area contributed by atoms with E-state index in [0.29, 0.717) is 6.42 Å². The van der Waals surface area contributed by atoms with Crippen LogP contribution >= 0.6 is 0 Å². The summed E-state index contributed by atoms with van der Waals surface area (Å²) in [5.74, 6) is -1.51. The van der Waals surface area contributed by atoms with Crippen molar-refractivity contribution in [1.29, 1.82) is 0 Å². The van der Waals surface area contributed by atoms with Gasteiger partial charge in [0.15, 0.2) is 0 Å². The Hall–Kier alpha value is -2.20. The molecule has 0 aromatic heterocycles. The maximum Gasteiger partial charge on any atom is 0.310 e. The summed E-state index contributed by atoms with van der Waals surface area (Å²) in [4.78, 5) is 22.0. The van der Waals surface area contributed by atoms with Crippen LogP contribution in [0.1, 0.15) is 24.8 Å². The standard InChI is InChI=1S/C16H17NO3/c18-15(16(19)17-20)8-4-1-5-12-9-10-13-6-2-3-7-14(13)11-12/h2-3,6-7,9-11,20H,1,4-5,8H2,(H,17,19). The molecule has 4 nitrogen and oxygen atoms in total. The van der Waals surface area contributed by atoms with Gasteiger partial charge in [0.25, 0.3) is 0 Å². The normalized spacial score (nSPS) is 10.4. The highest BCUT2D eigenvalue weighted by Crippen LogP contribution is 2.17. The van der Waals surface area contributed by atoms with Gasteiger partial charge in [-0.1, -0.05) is 42.5 Å². The predicted molar refractivity (Wildman–Crippen MR) is 76.4 cm³/mol. The summed E-state index contributed by atoms with van der Waals surface area (Å²) in [6, 6.07) is 14.5. The van der Waals surface area contributed by atoms with E-state index in [1.807, 2.05) is 12.1 Å². The molecule has 0 spiro atoms. The summed E-state index contributed by atoms with van der Waals surface area (Å²) in [5.41, 5.74) is 2.58. The van der Waals surface area contributed by atoms with E-state index in [1.54, 1.807) is 0 Å². The fourth-order valence-corrected chi connectivity index (χ4v) is 2.18. The van der Waals surface area contributed by atoms with Gasteiger partial charge in [-0.3, -0.25) is 14.8 Å². The fraction of sp³-hybridized carbons (Fsp3) is 0.250. The third kappa shape index (κ3) is 3.65. The molecular weight excluding hydrogens is 254 g/mol. The molecule has 2 N–H and O–H groups in total. The summed E-state index contributed by atoms with van der Waals surface area (Å²) >= 11 is 0. The van der Waals surface area contributed by atoms with Crippen LogP contribution in [0.5, 0.6) is 0 Å². The quantitative estimate of drug-likeness (QED) is 0.367. The second-order valence-corrected chi connectivity index (χ2v) is 4.75. The Balaban J connectivity index is 1.84. The van der Waals surface area contributed by atoms with Crippen molar-refractivity contribution >= 4 is 22.5 Å². The molecule has 0 radical (unpaired) electrons. The maximum absolute atomic E-state index is 11.2. The van der Waals surface area contributed by atoms with Crippen molar-refractivity contribution in [1.82, 2.24) is 5.48 Å². The third-order valence-corrected chi connectivity index (χ3v) is 3.29. The number of unbranched alkanes of at least 4 members (excludes halogenated alkanes) is 1. The summed E-state index contributed by atoms with van der Waals surface area (Å²) in [6.07, 6.45) is 2.51. The van der Waals surface area contributed by atoms with Crippen molar-refractivity contribution in [2.24, 2.45) is 0 Å². The molecule has 0 saturated heterocycles. The number of benzene rings is 2. The van der Waals surface area contributed by atoms with Crippen LogP contribution in [0.15, 0.2) is 42.5 Å². The number of carbonyl (C=O) groups excluding carboxylic acids is 2. The van der Waals surface area contributed by atoms with Gasteiger partial charge in [-0.05, 0) is 35.6 Å². The van der Waals surface area contributed by atoms with Crippen molar-refractivity contribution in [3.63, 3.8) is 0 Å². The molecule has 0 saturated carbocycles. The van der Waals surface area contributed by atoms with Gasteiger partial charge in [0.05, 0.1) is 0 Å². The Morgan fingerprint density at radius 2 is 1.75 bits per heavy atom. The van der Waals surface area contributed by atoms with Crippen molar-refractivity contribution in [3.8, 4) is 0 Å².